The van der Waals surface area contributed by atoms with E-state index in [-0.39, 0.29) is 6.04 Å². The Kier molecular flexibility index (Phi) is 2.23. The molecule has 0 fully saturated rings. The summed E-state index contributed by atoms with van der Waals surface area (Å²) in [6, 6.07) is 3.43. The van der Waals surface area contributed by atoms with E-state index in [1.807, 2.05) is 28.9 Å². The van der Waals surface area contributed by atoms with Crippen molar-refractivity contribution in [2.24, 2.45) is 5.73 Å². The van der Waals surface area contributed by atoms with Gasteiger partial charge >= 0.3 is 0 Å². The lowest BCUT2D eigenvalue weighted by Crippen LogP contribution is -2.23. The van der Waals surface area contributed by atoms with Crippen LogP contribution in [0.2, 0.25) is 0 Å². The fourth-order valence-electron chi connectivity index (χ4n) is 1.41. The lowest BCUT2D eigenvalue weighted by Gasteiger charge is -2.14. The zero-order valence-corrected chi connectivity index (χ0v) is 7.96. The second kappa shape index (κ2) is 3.40. The number of imidazole rings is 1. The van der Waals surface area contributed by atoms with Gasteiger partial charge in [-0.2, -0.15) is 0 Å². The average Bonchev–Trinajstić information content (AvgIpc) is 2.62. The topological polar surface area (TPSA) is 63.5 Å². The second-order valence-corrected chi connectivity index (χ2v) is 3.42. The molecule has 4 nitrogen and oxygen atoms in total. The number of hydrogen-bond acceptors (Lipinski definition) is 3. The number of aliphatic hydroxyl groups is 1. The summed E-state index contributed by atoms with van der Waals surface area (Å²) in [4.78, 5) is 4.12. The molecular formula is C10H13N3O. The summed E-state index contributed by atoms with van der Waals surface area (Å²) in [5.41, 5.74) is 7.60. The van der Waals surface area contributed by atoms with E-state index in [0.29, 0.717) is 0 Å². The molecule has 2 aromatic heterocycles. The molecule has 4 heteroatoms. The van der Waals surface area contributed by atoms with Gasteiger partial charge < -0.3 is 15.2 Å². The largest absolute Gasteiger partial charge is 0.391 e. The number of hydrogen-bond donors (Lipinski definition) is 2. The summed E-state index contributed by atoms with van der Waals surface area (Å²) >= 11 is 0. The molecule has 0 aromatic carbocycles. The van der Waals surface area contributed by atoms with E-state index < -0.39 is 6.10 Å². The summed E-state index contributed by atoms with van der Waals surface area (Å²) in [5.74, 6) is 0. The Morgan fingerprint density at radius 2 is 2.29 bits per heavy atom. The summed E-state index contributed by atoms with van der Waals surface area (Å²) in [5, 5.41) is 9.35. The molecule has 2 unspecified atom stereocenters. The van der Waals surface area contributed by atoms with Crippen LogP contribution in [0.1, 0.15) is 18.5 Å². The molecule has 2 atom stereocenters. The van der Waals surface area contributed by atoms with E-state index in [1.165, 1.54) is 0 Å². The zero-order valence-electron chi connectivity index (χ0n) is 7.96. The van der Waals surface area contributed by atoms with Gasteiger partial charge in [-0.25, -0.2) is 4.98 Å². The third-order valence-corrected chi connectivity index (χ3v) is 2.32. The second-order valence-electron chi connectivity index (χ2n) is 3.42. The lowest BCUT2D eigenvalue weighted by molar-refractivity contribution is 0.164. The molecule has 0 aliphatic rings. The normalized spacial score (nSPS) is 15.6. The van der Waals surface area contributed by atoms with Gasteiger partial charge in [0.15, 0.2) is 0 Å². The van der Waals surface area contributed by atoms with E-state index in [9.17, 15) is 5.11 Å². The summed E-state index contributed by atoms with van der Waals surface area (Å²) in [6.45, 7) is 1.68. The first kappa shape index (κ1) is 9.18. The standard InChI is InChI=1S/C10H13N3O/c1-7(14)10(11)8-2-3-9-12-4-5-13(9)6-8/h2-7,10,14H,11H2,1H3. The van der Waals surface area contributed by atoms with Crippen LogP contribution in [-0.2, 0) is 0 Å². The van der Waals surface area contributed by atoms with Crippen LogP contribution in [0.5, 0.6) is 0 Å². The highest BCUT2D eigenvalue weighted by atomic mass is 16.3. The first-order valence-corrected chi connectivity index (χ1v) is 4.55. The molecule has 2 heterocycles. The van der Waals surface area contributed by atoms with Crippen molar-refractivity contribution >= 4 is 5.65 Å². The van der Waals surface area contributed by atoms with Crippen molar-refractivity contribution in [1.29, 1.82) is 0 Å². The highest BCUT2D eigenvalue weighted by Gasteiger charge is 2.12. The predicted molar refractivity (Wildman–Crippen MR) is 53.8 cm³/mol. The third-order valence-electron chi connectivity index (χ3n) is 2.32. The van der Waals surface area contributed by atoms with Gasteiger partial charge in [-0.1, -0.05) is 6.07 Å². The number of fused-ring (bicyclic) bond motifs is 1. The van der Waals surface area contributed by atoms with Gasteiger partial charge in [0.05, 0.1) is 12.1 Å². The number of rotatable bonds is 2. The van der Waals surface area contributed by atoms with E-state index in [1.54, 1.807) is 13.1 Å². The van der Waals surface area contributed by atoms with Crippen molar-refractivity contribution < 1.29 is 5.11 Å². The highest BCUT2D eigenvalue weighted by molar-refractivity contribution is 5.40. The Balaban J connectivity index is 2.43. The number of nitrogens with two attached hydrogens (primary N) is 1. The first-order valence-electron chi connectivity index (χ1n) is 4.55. The molecule has 0 aliphatic heterocycles. The molecule has 14 heavy (non-hydrogen) atoms. The van der Waals surface area contributed by atoms with Gasteiger partial charge in [-0.3, -0.25) is 0 Å². The summed E-state index contributed by atoms with van der Waals surface area (Å²) < 4.78 is 1.89. The molecule has 0 radical (unpaired) electrons. The van der Waals surface area contributed by atoms with Gasteiger partial charge in [0.25, 0.3) is 0 Å². The van der Waals surface area contributed by atoms with Crippen LogP contribution in [0.15, 0.2) is 30.7 Å². The van der Waals surface area contributed by atoms with Crippen molar-refractivity contribution in [3.05, 3.63) is 36.3 Å². The zero-order chi connectivity index (χ0) is 10.1. The van der Waals surface area contributed by atoms with Gasteiger partial charge in [-0.05, 0) is 18.6 Å². The number of pyridine rings is 1. The van der Waals surface area contributed by atoms with Crippen molar-refractivity contribution in [3.8, 4) is 0 Å². The van der Waals surface area contributed by atoms with Crippen LogP contribution in [-0.4, -0.2) is 20.6 Å². The smallest absolute Gasteiger partial charge is 0.136 e. The Hall–Kier alpha value is -1.39. The molecule has 0 saturated carbocycles. The summed E-state index contributed by atoms with van der Waals surface area (Å²) in [6.07, 6.45) is 4.93. The first-order chi connectivity index (χ1) is 6.68. The van der Waals surface area contributed by atoms with Crippen molar-refractivity contribution in [2.75, 3.05) is 0 Å². The molecule has 0 amide bonds. The molecular weight excluding hydrogens is 178 g/mol. The van der Waals surface area contributed by atoms with Gasteiger partial charge in [0.2, 0.25) is 0 Å². The fourth-order valence-corrected chi connectivity index (χ4v) is 1.41. The SMILES string of the molecule is CC(O)C(N)c1ccc2nccn2c1. The van der Waals surface area contributed by atoms with Crippen molar-refractivity contribution in [3.63, 3.8) is 0 Å². The molecule has 0 spiro atoms. The van der Waals surface area contributed by atoms with Crippen molar-refractivity contribution in [2.45, 2.75) is 19.1 Å². The fraction of sp³-hybridized carbons (Fsp3) is 0.300. The number of aliphatic hydroxyl groups excluding tert-OH is 1. The minimum atomic E-state index is -0.545. The van der Waals surface area contributed by atoms with Crippen LogP contribution < -0.4 is 5.73 Å². The molecule has 3 N–H and O–H groups in total. The van der Waals surface area contributed by atoms with Crippen LogP contribution >= 0.6 is 0 Å². The number of nitrogens with zero attached hydrogens (tertiary/aromatic N) is 2. The monoisotopic (exact) mass is 191 g/mol. The van der Waals surface area contributed by atoms with Gasteiger partial charge in [-0.15, -0.1) is 0 Å². The van der Waals surface area contributed by atoms with Crippen LogP contribution in [0, 0.1) is 0 Å². The Labute approximate surface area is 82.0 Å². The number of aromatic nitrogens is 2. The van der Waals surface area contributed by atoms with E-state index in [0.717, 1.165) is 11.2 Å². The van der Waals surface area contributed by atoms with Crippen LogP contribution in [0.3, 0.4) is 0 Å². The highest BCUT2D eigenvalue weighted by Crippen LogP contribution is 2.14. The van der Waals surface area contributed by atoms with E-state index in [4.69, 9.17) is 5.73 Å². The maximum absolute atomic E-state index is 9.35. The van der Waals surface area contributed by atoms with Crippen molar-refractivity contribution in [1.82, 2.24) is 9.38 Å². The summed E-state index contributed by atoms with van der Waals surface area (Å²) in [7, 11) is 0. The van der Waals surface area contributed by atoms with E-state index in [2.05, 4.69) is 4.98 Å². The predicted octanol–water partition coefficient (Wildman–Crippen LogP) is 0.715. The quantitative estimate of drug-likeness (QED) is 0.735. The molecule has 2 aromatic rings. The van der Waals surface area contributed by atoms with Gasteiger partial charge in [0, 0.05) is 18.6 Å². The molecule has 0 bridgehead atoms. The molecule has 0 aliphatic carbocycles. The van der Waals surface area contributed by atoms with Gasteiger partial charge in [0.1, 0.15) is 5.65 Å². The lowest BCUT2D eigenvalue weighted by atomic mass is 10.1. The minimum Gasteiger partial charge on any atom is -0.391 e. The molecule has 0 saturated heterocycles. The van der Waals surface area contributed by atoms with Crippen LogP contribution in [0.25, 0.3) is 5.65 Å². The Bertz CT molecular complexity index is 436. The average molecular weight is 191 g/mol. The Morgan fingerprint density at radius 1 is 1.50 bits per heavy atom. The Morgan fingerprint density at radius 3 is 3.00 bits per heavy atom. The molecule has 74 valence electrons. The minimum absolute atomic E-state index is 0.346. The van der Waals surface area contributed by atoms with Crippen LogP contribution in [0.4, 0.5) is 0 Å². The van der Waals surface area contributed by atoms with E-state index >= 15 is 0 Å². The maximum atomic E-state index is 9.35. The molecule has 2 rings (SSSR count). The third kappa shape index (κ3) is 1.49. The maximum Gasteiger partial charge on any atom is 0.136 e.